The molecule has 0 aromatic heterocycles. The molecule has 1 amide bonds. The average molecular weight is 508 g/mol. The van der Waals surface area contributed by atoms with Crippen molar-refractivity contribution >= 4 is 6.09 Å². The fourth-order valence-electron chi connectivity index (χ4n) is 4.16. The molecule has 0 aromatic carbocycles. The van der Waals surface area contributed by atoms with E-state index in [9.17, 15) is 15.0 Å². The number of hydrogen-bond donors (Lipinski definition) is 4. The van der Waals surface area contributed by atoms with Gasteiger partial charge in [0.15, 0.2) is 0 Å². The standard InChI is InChI=1S/C26H53NO8/c1-7-15-27-24(31)33-18-23(20(6)29)35-25(34-19-28)32-16-13-22(30)12-14-26(10-4,11-5)17-21(8-2)9-3/h20-23,25,28-30H,7-19H2,1-6H3,(H,27,31). The first-order chi connectivity index (χ1) is 16.7. The minimum atomic E-state index is -1.27. The Kier molecular flexibility index (Phi) is 19.6. The molecule has 0 spiro atoms. The summed E-state index contributed by atoms with van der Waals surface area (Å²) in [7, 11) is 0. The van der Waals surface area contributed by atoms with E-state index in [0.29, 0.717) is 25.3 Å². The van der Waals surface area contributed by atoms with Gasteiger partial charge in [-0.2, -0.15) is 0 Å². The minimum absolute atomic E-state index is 0.147. The number of alkyl carbamates (subject to hydrolysis) is 1. The van der Waals surface area contributed by atoms with Crippen molar-refractivity contribution in [2.75, 3.05) is 26.6 Å². The zero-order valence-corrected chi connectivity index (χ0v) is 23.0. The smallest absolute Gasteiger partial charge is 0.407 e. The second-order valence-corrected chi connectivity index (χ2v) is 9.47. The number of ether oxygens (including phenoxy) is 4. The molecule has 0 bridgehead atoms. The van der Waals surface area contributed by atoms with Gasteiger partial charge in [0.1, 0.15) is 19.5 Å². The monoisotopic (exact) mass is 507 g/mol. The Balaban J connectivity index is 4.67. The van der Waals surface area contributed by atoms with Crippen LogP contribution in [0.1, 0.15) is 99.3 Å². The van der Waals surface area contributed by atoms with Gasteiger partial charge in [0.25, 0.3) is 6.48 Å². The van der Waals surface area contributed by atoms with Crippen molar-refractivity contribution in [3.05, 3.63) is 0 Å². The number of rotatable bonds is 22. The lowest BCUT2D eigenvalue weighted by atomic mass is 9.70. The Bertz CT molecular complexity index is 512. The Morgan fingerprint density at radius 1 is 1.00 bits per heavy atom. The van der Waals surface area contributed by atoms with Crippen LogP contribution in [-0.4, -0.2) is 72.8 Å². The molecule has 9 nitrogen and oxygen atoms in total. The van der Waals surface area contributed by atoms with Crippen LogP contribution in [0.2, 0.25) is 0 Å². The first kappa shape index (κ1) is 34.0. The van der Waals surface area contributed by atoms with E-state index < -0.39 is 37.7 Å². The van der Waals surface area contributed by atoms with Crippen LogP contribution >= 0.6 is 0 Å². The molecule has 0 radical (unpaired) electrons. The van der Waals surface area contributed by atoms with E-state index in [0.717, 1.165) is 25.7 Å². The van der Waals surface area contributed by atoms with E-state index in [-0.39, 0.29) is 18.6 Å². The number of aliphatic hydroxyl groups is 3. The summed E-state index contributed by atoms with van der Waals surface area (Å²) in [5.41, 5.74) is 0.248. The second kappa shape index (κ2) is 20.1. The normalized spacial score (nSPS) is 15.6. The SMILES string of the molecule is CCCNC(=O)OCC(OC(OCO)OCCC(O)CCC(CC)(CC)CC(CC)CC)C(C)O. The Labute approximate surface area is 212 Å². The highest BCUT2D eigenvalue weighted by Gasteiger charge is 2.29. The molecule has 9 heteroatoms. The third-order valence-electron chi connectivity index (χ3n) is 7.02. The second-order valence-electron chi connectivity index (χ2n) is 9.47. The summed E-state index contributed by atoms with van der Waals surface area (Å²) >= 11 is 0. The van der Waals surface area contributed by atoms with Crippen molar-refractivity contribution in [1.29, 1.82) is 0 Å². The highest BCUT2D eigenvalue weighted by atomic mass is 16.9. The van der Waals surface area contributed by atoms with Gasteiger partial charge in [-0.3, -0.25) is 0 Å². The molecule has 35 heavy (non-hydrogen) atoms. The summed E-state index contributed by atoms with van der Waals surface area (Å²) in [6.07, 6.45) is 5.55. The van der Waals surface area contributed by atoms with E-state index in [4.69, 9.17) is 24.1 Å². The molecule has 0 aliphatic heterocycles. The largest absolute Gasteiger partial charge is 0.447 e. The summed E-state index contributed by atoms with van der Waals surface area (Å²) in [6, 6.07) is 0. The molecule has 0 aliphatic rings. The van der Waals surface area contributed by atoms with Crippen molar-refractivity contribution in [2.24, 2.45) is 11.3 Å². The van der Waals surface area contributed by atoms with Crippen LogP contribution in [0, 0.1) is 11.3 Å². The predicted molar refractivity (Wildman–Crippen MR) is 136 cm³/mol. The van der Waals surface area contributed by atoms with E-state index in [2.05, 4.69) is 33.0 Å². The topological polar surface area (TPSA) is 127 Å². The average Bonchev–Trinajstić information content (AvgIpc) is 2.85. The third kappa shape index (κ3) is 15.0. The van der Waals surface area contributed by atoms with Crippen LogP contribution in [0.3, 0.4) is 0 Å². The fraction of sp³-hybridized carbons (Fsp3) is 0.962. The van der Waals surface area contributed by atoms with Crippen LogP contribution < -0.4 is 5.32 Å². The maximum Gasteiger partial charge on any atom is 0.407 e. The number of amides is 1. The summed E-state index contributed by atoms with van der Waals surface area (Å²) in [4.78, 5) is 11.7. The summed E-state index contributed by atoms with van der Waals surface area (Å²) < 4.78 is 21.2. The maximum absolute atomic E-state index is 11.7. The van der Waals surface area contributed by atoms with Crippen LogP contribution in [0.4, 0.5) is 4.79 Å². The molecule has 0 heterocycles. The third-order valence-corrected chi connectivity index (χ3v) is 7.02. The Hall–Kier alpha value is -0.970. The van der Waals surface area contributed by atoms with Gasteiger partial charge in [0.2, 0.25) is 0 Å². The van der Waals surface area contributed by atoms with Gasteiger partial charge < -0.3 is 39.6 Å². The lowest BCUT2D eigenvalue weighted by Gasteiger charge is -2.36. The molecule has 4 N–H and O–H groups in total. The van der Waals surface area contributed by atoms with Gasteiger partial charge >= 0.3 is 6.09 Å². The maximum atomic E-state index is 11.7. The van der Waals surface area contributed by atoms with Crippen LogP contribution in [0.5, 0.6) is 0 Å². The molecule has 0 fully saturated rings. The summed E-state index contributed by atoms with van der Waals surface area (Å²) in [5.74, 6) is 0.715. The van der Waals surface area contributed by atoms with E-state index in [1.54, 1.807) is 0 Å². The Morgan fingerprint density at radius 2 is 1.66 bits per heavy atom. The van der Waals surface area contributed by atoms with Crippen molar-refractivity contribution in [1.82, 2.24) is 5.32 Å². The molecule has 0 saturated carbocycles. The van der Waals surface area contributed by atoms with Crippen LogP contribution in [0.15, 0.2) is 0 Å². The molecular formula is C26H53NO8. The lowest BCUT2D eigenvalue weighted by Crippen LogP contribution is -2.39. The van der Waals surface area contributed by atoms with Crippen LogP contribution in [0.25, 0.3) is 0 Å². The van der Waals surface area contributed by atoms with Gasteiger partial charge in [0, 0.05) is 6.54 Å². The highest BCUT2D eigenvalue weighted by molar-refractivity contribution is 5.67. The quantitative estimate of drug-likeness (QED) is 0.160. The highest BCUT2D eigenvalue weighted by Crippen LogP contribution is 2.40. The molecule has 0 aliphatic carbocycles. The zero-order chi connectivity index (χ0) is 26.7. The van der Waals surface area contributed by atoms with Crippen LogP contribution in [-0.2, 0) is 18.9 Å². The number of aliphatic hydroxyl groups excluding tert-OH is 3. The van der Waals surface area contributed by atoms with Crippen molar-refractivity contribution in [2.45, 2.75) is 124 Å². The summed E-state index contributed by atoms with van der Waals surface area (Å²) in [6.45, 7) is 10.9. The molecular weight excluding hydrogens is 454 g/mol. The van der Waals surface area contributed by atoms with Gasteiger partial charge in [-0.1, -0.05) is 60.3 Å². The first-order valence-corrected chi connectivity index (χ1v) is 13.5. The van der Waals surface area contributed by atoms with E-state index in [1.807, 2.05) is 6.92 Å². The molecule has 0 aromatic rings. The summed E-state index contributed by atoms with van der Waals surface area (Å²) in [5, 5.41) is 32.3. The molecule has 0 rings (SSSR count). The molecule has 4 atom stereocenters. The minimum Gasteiger partial charge on any atom is -0.447 e. The van der Waals surface area contributed by atoms with Gasteiger partial charge in [0.05, 0.1) is 18.8 Å². The number of hydrogen-bond acceptors (Lipinski definition) is 8. The number of carbonyl (C=O) groups excluding carboxylic acids is 1. The van der Waals surface area contributed by atoms with Crippen molar-refractivity contribution in [3.63, 3.8) is 0 Å². The van der Waals surface area contributed by atoms with Gasteiger partial charge in [-0.05, 0) is 50.4 Å². The lowest BCUT2D eigenvalue weighted by molar-refractivity contribution is -0.331. The first-order valence-electron chi connectivity index (χ1n) is 13.5. The molecule has 0 saturated heterocycles. The fourth-order valence-corrected chi connectivity index (χ4v) is 4.16. The van der Waals surface area contributed by atoms with E-state index in [1.165, 1.54) is 26.2 Å². The van der Waals surface area contributed by atoms with Gasteiger partial charge in [-0.25, -0.2) is 4.79 Å². The molecule has 4 unspecified atom stereocenters. The van der Waals surface area contributed by atoms with E-state index >= 15 is 0 Å². The van der Waals surface area contributed by atoms with Crippen molar-refractivity contribution in [3.8, 4) is 0 Å². The number of nitrogens with one attached hydrogen (secondary N) is 1. The van der Waals surface area contributed by atoms with Gasteiger partial charge in [-0.15, -0.1) is 0 Å². The zero-order valence-electron chi connectivity index (χ0n) is 23.0. The number of carbonyl (C=O) groups is 1. The molecule has 210 valence electrons. The predicted octanol–water partition coefficient (Wildman–Crippen LogP) is 4.32. The van der Waals surface area contributed by atoms with Crippen molar-refractivity contribution < 1.29 is 39.1 Å². The Morgan fingerprint density at radius 3 is 2.17 bits per heavy atom.